The van der Waals surface area contributed by atoms with Gasteiger partial charge in [-0.15, -0.1) is 0 Å². The number of furan rings is 1. The highest BCUT2D eigenvalue weighted by molar-refractivity contribution is 7.93. The van der Waals surface area contributed by atoms with Gasteiger partial charge in [0.2, 0.25) is 0 Å². The Morgan fingerprint density at radius 1 is 0.905 bits per heavy atom. The number of sulfonamides is 1. The van der Waals surface area contributed by atoms with Crippen molar-refractivity contribution in [3.8, 4) is 0 Å². The van der Waals surface area contributed by atoms with E-state index in [1.807, 2.05) is 65.6 Å². The lowest BCUT2D eigenvalue weighted by molar-refractivity contribution is 0.0733. The molecule has 0 bridgehead atoms. The first kappa shape index (κ1) is 28.3. The summed E-state index contributed by atoms with van der Waals surface area (Å²) in [6.45, 7) is 0.657. The van der Waals surface area contributed by atoms with Crippen molar-refractivity contribution in [3.63, 3.8) is 0 Å². The number of likely N-dealkylation sites (tertiary alicyclic amines) is 1. The van der Waals surface area contributed by atoms with Gasteiger partial charge < -0.3 is 9.32 Å². The summed E-state index contributed by atoms with van der Waals surface area (Å²) < 4.78 is 35.7. The van der Waals surface area contributed by atoms with Crippen LogP contribution >= 0.6 is 23.2 Å². The molecule has 1 unspecified atom stereocenters. The summed E-state index contributed by atoms with van der Waals surface area (Å²) in [5.74, 6) is 0.586. The average Bonchev–Trinajstić information content (AvgIpc) is 3.63. The van der Waals surface area contributed by atoms with Crippen molar-refractivity contribution >= 4 is 55.8 Å². The van der Waals surface area contributed by atoms with Gasteiger partial charge in [-0.05, 0) is 73.0 Å². The Kier molecular flexibility index (Phi) is 7.99. The molecule has 0 aliphatic carbocycles. The maximum Gasteiger partial charge on any atom is 0.266 e. The van der Waals surface area contributed by atoms with Crippen LogP contribution in [0.1, 0.15) is 34.5 Å². The van der Waals surface area contributed by atoms with Crippen LogP contribution in [0.5, 0.6) is 0 Å². The number of carbonyl (C=O) groups is 1. The van der Waals surface area contributed by atoms with Gasteiger partial charge in [0, 0.05) is 35.0 Å². The van der Waals surface area contributed by atoms with E-state index in [-0.39, 0.29) is 34.0 Å². The fraction of sp³-hybridized carbons (Fsp3) is 0.182. The summed E-state index contributed by atoms with van der Waals surface area (Å²) in [6.07, 6.45) is 2.28. The number of anilines is 1. The Morgan fingerprint density at radius 3 is 2.40 bits per heavy atom. The molecule has 1 aliphatic rings. The van der Waals surface area contributed by atoms with E-state index < -0.39 is 10.0 Å². The number of hydrogen-bond acceptors (Lipinski definition) is 4. The molecule has 1 fully saturated rings. The molecule has 0 radical (unpaired) electrons. The van der Waals surface area contributed by atoms with Gasteiger partial charge >= 0.3 is 0 Å². The quantitative estimate of drug-likeness (QED) is 0.177. The number of nitrogens with zero attached hydrogens (tertiary/aromatic N) is 2. The van der Waals surface area contributed by atoms with Gasteiger partial charge in [-0.2, -0.15) is 0 Å². The second kappa shape index (κ2) is 11.8. The maximum atomic E-state index is 14.2. The Morgan fingerprint density at radius 2 is 1.64 bits per heavy atom. The number of carbonyl (C=O) groups excluding carboxylic acids is 1. The van der Waals surface area contributed by atoms with Crippen LogP contribution < -0.4 is 4.31 Å². The molecule has 2 heterocycles. The highest BCUT2D eigenvalue weighted by atomic mass is 35.5. The van der Waals surface area contributed by atoms with Crippen LogP contribution in [0.15, 0.2) is 112 Å². The molecule has 1 aliphatic heterocycles. The Bertz CT molecular complexity index is 1810. The zero-order valence-electron chi connectivity index (χ0n) is 22.6. The molecule has 0 spiro atoms. The number of amides is 1. The smallest absolute Gasteiger partial charge is 0.266 e. The predicted molar refractivity (Wildman–Crippen MR) is 167 cm³/mol. The molecular formula is C33H28Cl2N2O4S. The van der Waals surface area contributed by atoms with Crippen LogP contribution in [-0.2, 0) is 23.0 Å². The fourth-order valence-electron chi connectivity index (χ4n) is 5.48. The van der Waals surface area contributed by atoms with E-state index >= 15 is 0 Å². The molecule has 1 atom stereocenters. The van der Waals surface area contributed by atoms with Gasteiger partial charge in [0.1, 0.15) is 16.2 Å². The van der Waals surface area contributed by atoms with E-state index in [0.29, 0.717) is 23.7 Å². The molecule has 1 saturated heterocycles. The Balaban J connectivity index is 1.31. The van der Waals surface area contributed by atoms with E-state index in [9.17, 15) is 13.2 Å². The minimum Gasteiger partial charge on any atom is -0.461 e. The first-order valence-corrected chi connectivity index (χ1v) is 15.9. The van der Waals surface area contributed by atoms with E-state index in [4.69, 9.17) is 27.6 Å². The van der Waals surface area contributed by atoms with Crippen LogP contribution in [0.3, 0.4) is 0 Å². The molecule has 42 heavy (non-hydrogen) atoms. The third kappa shape index (κ3) is 5.77. The second-order valence-electron chi connectivity index (χ2n) is 10.4. The van der Waals surface area contributed by atoms with Gasteiger partial charge in [-0.3, -0.25) is 9.10 Å². The van der Waals surface area contributed by atoms with Gasteiger partial charge in [0.05, 0.1) is 17.3 Å². The molecule has 4 aromatic carbocycles. The monoisotopic (exact) mass is 618 g/mol. The summed E-state index contributed by atoms with van der Waals surface area (Å²) >= 11 is 12.6. The van der Waals surface area contributed by atoms with Crippen LogP contribution in [0.25, 0.3) is 11.0 Å². The predicted octanol–water partition coefficient (Wildman–Crippen LogP) is 7.98. The minimum atomic E-state index is -4.18. The minimum absolute atomic E-state index is 0.0406. The largest absolute Gasteiger partial charge is 0.461 e. The van der Waals surface area contributed by atoms with Crippen molar-refractivity contribution in [3.05, 3.63) is 130 Å². The van der Waals surface area contributed by atoms with E-state index in [1.54, 1.807) is 30.3 Å². The fourth-order valence-corrected chi connectivity index (χ4v) is 7.56. The van der Waals surface area contributed by atoms with Crippen LogP contribution in [0.2, 0.25) is 10.0 Å². The van der Waals surface area contributed by atoms with E-state index in [0.717, 1.165) is 35.1 Å². The molecule has 0 N–H and O–H groups in total. The standard InChI is InChI=1S/C33H28Cl2N2O4S/c34-26-13-15-27(16-14-26)37(22-23-7-2-1-3-8-23)42(39,40)32-20-25(12-17-30(32)35)33(38)36-18-6-10-28(36)21-29-19-24-9-4-5-11-31(24)41-29/h1-5,7-9,11-17,19-20,28H,6,10,18,21-22H2. The highest BCUT2D eigenvalue weighted by Crippen LogP contribution is 2.33. The average molecular weight is 620 g/mol. The number of para-hydroxylation sites is 1. The lowest BCUT2D eigenvalue weighted by atomic mass is 10.1. The number of benzene rings is 4. The molecular weight excluding hydrogens is 591 g/mol. The summed E-state index contributed by atoms with van der Waals surface area (Å²) in [4.78, 5) is 15.5. The van der Waals surface area contributed by atoms with Gasteiger partial charge in [-0.25, -0.2) is 8.42 Å². The summed E-state index contributed by atoms with van der Waals surface area (Å²) in [5.41, 5.74) is 2.31. The summed E-state index contributed by atoms with van der Waals surface area (Å²) in [6, 6.07) is 30.1. The third-order valence-electron chi connectivity index (χ3n) is 7.58. The molecule has 214 valence electrons. The summed E-state index contributed by atoms with van der Waals surface area (Å²) in [7, 11) is -4.18. The SMILES string of the molecule is O=C(c1ccc(Cl)c(S(=O)(=O)N(Cc2ccccc2)c2ccc(Cl)cc2)c1)N1CCCC1Cc1cc2ccccc2o1. The van der Waals surface area contributed by atoms with Crippen molar-refractivity contribution < 1.29 is 17.6 Å². The highest BCUT2D eigenvalue weighted by Gasteiger charge is 2.33. The van der Waals surface area contributed by atoms with Crippen molar-refractivity contribution in [2.45, 2.75) is 36.7 Å². The summed E-state index contributed by atoms with van der Waals surface area (Å²) in [5, 5.41) is 1.56. The molecule has 0 saturated carbocycles. The number of halogens is 2. The van der Waals surface area contributed by atoms with Crippen molar-refractivity contribution in [2.75, 3.05) is 10.8 Å². The number of hydrogen-bond donors (Lipinski definition) is 0. The molecule has 1 aromatic heterocycles. The first-order valence-electron chi connectivity index (χ1n) is 13.7. The first-order chi connectivity index (χ1) is 20.3. The van der Waals surface area contributed by atoms with E-state index in [1.165, 1.54) is 16.4 Å². The van der Waals surface area contributed by atoms with Gasteiger partial charge in [0.25, 0.3) is 15.9 Å². The molecule has 6 nitrogen and oxygen atoms in total. The zero-order valence-corrected chi connectivity index (χ0v) is 24.9. The lowest BCUT2D eigenvalue weighted by Crippen LogP contribution is -2.37. The molecule has 1 amide bonds. The number of fused-ring (bicyclic) bond motifs is 1. The van der Waals surface area contributed by atoms with Gasteiger partial charge in [-0.1, -0.05) is 71.7 Å². The van der Waals surface area contributed by atoms with Crippen molar-refractivity contribution in [1.82, 2.24) is 4.90 Å². The maximum absolute atomic E-state index is 14.2. The molecule has 5 aromatic rings. The van der Waals surface area contributed by atoms with Crippen LogP contribution in [0, 0.1) is 0 Å². The molecule has 6 rings (SSSR count). The van der Waals surface area contributed by atoms with Gasteiger partial charge in [0.15, 0.2) is 0 Å². The third-order valence-corrected chi connectivity index (χ3v) is 10.1. The molecule has 9 heteroatoms. The zero-order chi connectivity index (χ0) is 29.3. The normalized spacial score (nSPS) is 15.3. The second-order valence-corrected chi connectivity index (χ2v) is 13.0. The Labute approximate surface area is 255 Å². The number of rotatable bonds is 8. The lowest BCUT2D eigenvalue weighted by Gasteiger charge is -2.27. The Hall–Kier alpha value is -3.78. The van der Waals surface area contributed by atoms with Crippen LogP contribution in [-0.4, -0.2) is 31.8 Å². The van der Waals surface area contributed by atoms with Crippen LogP contribution in [0.4, 0.5) is 5.69 Å². The van der Waals surface area contributed by atoms with Crippen molar-refractivity contribution in [2.24, 2.45) is 0 Å². The van der Waals surface area contributed by atoms with E-state index in [2.05, 4.69) is 0 Å². The topological polar surface area (TPSA) is 70.8 Å². The van der Waals surface area contributed by atoms with Crippen molar-refractivity contribution in [1.29, 1.82) is 0 Å².